The molecule has 168 valence electrons. The number of fused-ring (bicyclic) bond motifs is 1. The van der Waals surface area contributed by atoms with E-state index in [4.69, 9.17) is 0 Å². The Morgan fingerprint density at radius 3 is 2.52 bits per heavy atom. The van der Waals surface area contributed by atoms with Crippen LogP contribution in [0.4, 0.5) is 5.69 Å². The predicted octanol–water partition coefficient (Wildman–Crippen LogP) is 3.03. The highest BCUT2D eigenvalue weighted by molar-refractivity contribution is 7.98. The van der Waals surface area contributed by atoms with Gasteiger partial charge in [-0.15, -0.1) is 5.10 Å². The highest BCUT2D eigenvalue weighted by Crippen LogP contribution is 2.37. The van der Waals surface area contributed by atoms with Gasteiger partial charge in [0.2, 0.25) is 5.91 Å². The number of hydrogen-bond acceptors (Lipinski definition) is 7. The number of aromatic nitrogens is 4. The number of nitrogens with zero attached hydrogens (tertiary/aromatic N) is 5. The summed E-state index contributed by atoms with van der Waals surface area (Å²) in [4.78, 5) is 40.4. The second kappa shape index (κ2) is 8.78. The van der Waals surface area contributed by atoms with Gasteiger partial charge in [0.1, 0.15) is 6.04 Å². The summed E-state index contributed by atoms with van der Waals surface area (Å²) in [5.74, 6) is -0.00406. The number of carbonyl (C=O) groups excluding carboxylic acids is 3. The van der Waals surface area contributed by atoms with Crippen LogP contribution in [0.2, 0.25) is 0 Å². The van der Waals surface area contributed by atoms with Crippen LogP contribution in [0.15, 0.2) is 48.5 Å². The Bertz CT molecular complexity index is 1200. The summed E-state index contributed by atoms with van der Waals surface area (Å²) in [6, 6.07) is 13.3. The summed E-state index contributed by atoms with van der Waals surface area (Å²) >= 11 is 1.56. The van der Waals surface area contributed by atoms with Crippen molar-refractivity contribution in [3.63, 3.8) is 0 Å². The van der Waals surface area contributed by atoms with Crippen LogP contribution in [0.1, 0.15) is 46.0 Å². The molecular weight excluding hydrogens is 440 g/mol. The lowest BCUT2D eigenvalue weighted by Gasteiger charge is -2.25. The summed E-state index contributed by atoms with van der Waals surface area (Å²) in [6.45, 7) is 0. The van der Waals surface area contributed by atoms with Gasteiger partial charge in [0.25, 0.3) is 11.8 Å². The Morgan fingerprint density at radius 1 is 1.12 bits per heavy atom. The number of imide groups is 1. The average molecular weight is 463 g/mol. The summed E-state index contributed by atoms with van der Waals surface area (Å²) in [5, 5.41) is 14.9. The van der Waals surface area contributed by atoms with Gasteiger partial charge in [-0.3, -0.25) is 19.3 Å². The molecule has 1 N–H and O–H groups in total. The maximum Gasteiger partial charge on any atom is 0.262 e. The predicted molar refractivity (Wildman–Crippen MR) is 124 cm³/mol. The Balaban J connectivity index is 1.39. The maximum absolute atomic E-state index is 13.3. The van der Waals surface area contributed by atoms with E-state index in [1.165, 1.54) is 0 Å². The van der Waals surface area contributed by atoms with Crippen LogP contribution in [-0.2, 0) is 4.79 Å². The quantitative estimate of drug-likeness (QED) is 0.512. The molecule has 33 heavy (non-hydrogen) atoms. The Labute approximate surface area is 194 Å². The average Bonchev–Trinajstić information content (AvgIpc) is 3.50. The lowest BCUT2D eigenvalue weighted by molar-refractivity contribution is -0.120. The molecule has 3 amide bonds. The van der Waals surface area contributed by atoms with E-state index in [0.29, 0.717) is 40.9 Å². The van der Waals surface area contributed by atoms with Gasteiger partial charge in [-0.05, 0) is 66.0 Å². The zero-order valence-electron chi connectivity index (χ0n) is 18.0. The molecule has 3 aromatic rings. The van der Waals surface area contributed by atoms with E-state index >= 15 is 0 Å². The van der Waals surface area contributed by atoms with Crippen molar-refractivity contribution in [3.05, 3.63) is 59.7 Å². The second-order valence-corrected chi connectivity index (χ2v) is 9.06. The smallest absolute Gasteiger partial charge is 0.262 e. The van der Waals surface area contributed by atoms with Crippen LogP contribution in [0.5, 0.6) is 0 Å². The molecule has 1 unspecified atom stereocenters. The first-order valence-electron chi connectivity index (χ1n) is 10.7. The molecule has 5 rings (SSSR count). The van der Waals surface area contributed by atoms with Gasteiger partial charge >= 0.3 is 0 Å². The molecule has 2 aliphatic rings. The largest absolute Gasteiger partial charge is 0.324 e. The number of hydrogen-bond donors (Lipinski definition) is 1. The first-order valence-corrected chi connectivity index (χ1v) is 12.1. The highest BCUT2D eigenvalue weighted by Gasteiger charge is 2.42. The van der Waals surface area contributed by atoms with E-state index in [-0.39, 0.29) is 0 Å². The fourth-order valence-corrected chi connectivity index (χ4v) is 4.47. The van der Waals surface area contributed by atoms with Gasteiger partial charge in [0.15, 0.2) is 5.82 Å². The number of nitrogens with one attached hydrogen (secondary N) is 1. The number of thioether (sulfide) groups is 1. The number of carbonyl (C=O) groups is 3. The molecule has 0 bridgehead atoms. The lowest BCUT2D eigenvalue weighted by atomic mass is 10.1. The minimum atomic E-state index is -0.912. The molecule has 1 aliphatic carbocycles. The van der Waals surface area contributed by atoms with Gasteiger partial charge in [0.05, 0.1) is 17.2 Å². The Morgan fingerprint density at radius 2 is 1.85 bits per heavy atom. The molecule has 2 aromatic carbocycles. The molecule has 1 atom stereocenters. The summed E-state index contributed by atoms with van der Waals surface area (Å²) in [5.41, 5.74) is 2.00. The molecule has 0 radical (unpaired) electrons. The molecule has 0 saturated heterocycles. The lowest BCUT2D eigenvalue weighted by Crippen LogP contribution is -2.47. The molecule has 1 aromatic heterocycles. The van der Waals surface area contributed by atoms with Crippen molar-refractivity contribution in [1.29, 1.82) is 0 Å². The fourth-order valence-electron chi connectivity index (χ4n) is 4.01. The number of amides is 3. The molecule has 1 saturated carbocycles. The van der Waals surface area contributed by atoms with Crippen molar-refractivity contribution < 1.29 is 14.4 Å². The SMILES string of the molecule is CSCCC(C(=O)Nc1cccc(-c2nnnn2C2CC2)c1)N1C(=O)c2ccccc2C1=O. The summed E-state index contributed by atoms with van der Waals surface area (Å²) < 4.78 is 1.81. The third-order valence-corrected chi connectivity index (χ3v) is 6.45. The van der Waals surface area contributed by atoms with Crippen LogP contribution < -0.4 is 5.32 Å². The van der Waals surface area contributed by atoms with Crippen molar-refractivity contribution >= 4 is 35.2 Å². The molecular formula is C23H22N6O3S. The van der Waals surface area contributed by atoms with E-state index in [1.54, 1.807) is 52.8 Å². The van der Waals surface area contributed by atoms with E-state index in [9.17, 15) is 14.4 Å². The van der Waals surface area contributed by atoms with Crippen LogP contribution >= 0.6 is 11.8 Å². The zero-order chi connectivity index (χ0) is 22.9. The van der Waals surface area contributed by atoms with Crippen LogP contribution in [0, 0.1) is 0 Å². The van der Waals surface area contributed by atoms with E-state index in [0.717, 1.165) is 23.3 Å². The molecule has 1 fully saturated rings. The van der Waals surface area contributed by atoms with E-state index < -0.39 is 23.8 Å². The third kappa shape index (κ3) is 4.02. The first-order chi connectivity index (χ1) is 16.1. The second-order valence-electron chi connectivity index (χ2n) is 8.07. The van der Waals surface area contributed by atoms with Crippen molar-refractivity contribution in [2.24, 2.45) is 0 Å². The zero-order valence-corrected chi connectivity index (χ0v) is 18.8. The maximum atomic E-state index is 13.3. The van der Waals surface area contributed by atoms with Gasteiger partial charge in [0, 0.05) is 11.3 Å². The minimum Gasteiger partial charge on any atom is -0.324 e. The van der Waals surface area contributed by atoms with Crippen LogP contribution in [0.25, 0.3) is 11.4 Å². The molecule has 2 heterocycles. The number of tetrazole rings is 1. The number of rotatable bonds is 8. The topological polar surface area (TPSA) is 110 Å². The van der Waals surface area contributed by atoms with Crippen molar-refractivity contribution in [3.8, 4) is 11.4 Å². The Kier molecular flexibility index (Phi) is 5.67. The minimum absolute atomic E-state index is 0.318. The van der Waals surface area contributed by atoms with Gasteiger partial charge < -0.3 is 5.32 Å². The number of benzene rings is 2. The van der Waals surface area contributed by atoms with Crippen LogP contribution in [-0.4, -0.2) is 60.9 Å². The monoisotopic (exact) mass is 462 g/mol. The molecule has 1 aliphatic heterocycles. The highest BCUT2D eigenvalue weighted by atomic mass is 32.2. The van der Waals surface area contributed by atoms with E-state index in [1.807, 2.05) is 18.4 Å². The first kappa shape index (κ1) is 21.3. The van der Waals surface area contributed by atoms with Crippen LogP contribution in [0.3, 0.4) is 0 Å². The van der Waals surface area contributed by atoms with Gasteiger partial charge in [-0.1, -0.05) is 24.3 Å². The third-order valence-electron chi connectivity index (χ3n) is 5.81. The molecule has 9 nitrogen and oxygen atoms in total. The molecule has 10 heteroatoms. The van der Waals surface area contributed by atoms with E-state index in [2.05, 4.69) is 20.8 Å². The molecule has 0 spiro atoms. The van der Waals surface area contributed by atoms with Gasteiger partial charge in [-0.2, -0.15) is 11.8 Å². The summed E-state index contributed by atoms with van der Waals surface area (Å²) in [6.07, 6.45) is 4.38. The van der Waals surface area contributed by atoms with Crippen molar-refractivity contribution in [2.75, 3.05) is 17.3 Å². The fraction of sp³-hybridized carbons (Fsp3) is 0.304. The number of anilines is 1. The van der Waals surface area contributed by atoms with Crippen molar-refractivity contribution in [2.45, 2.75) is 31.3 Å². The Hall–Kier alpha value is -3.53. The summed E-state index contributed by atoms with van der Waals surface area (Å²) in [7, 11) is 0. The van der Waals surface area contributed by atoms with Gasteiger partial charge in [-0.25, -0.2) is 4.68 Å². The standard InChI is InChI=1S/C23H22N6O3S/c1-33-12-11-19(28-22(31)17-7-2-3-8-18(17)23(28)32)21(30)24-15-6-4-5-14(13-15)20-25-26-27-29(20)16-9-10-16/h2-8,13,16,19H,9-12H2,1H3,(H,24,30). The van der Waals surface area contributed by atoms with Crippen molar-refractivity contribution in [1.82, 2.24) is 25.1 Å². The normalized spacial score (nSPS) is 16.1.